The molecule has 0 heterocycles. The van der Waals surface area contributed by atoms with Gasteiger partial charge in [-0.15, -0.1) is 0 Å². The number of benzene rings is 2. The maximum absolute atomic E-state index is 12.4. The number of nitrogens with one attached hydrogen (secondary N) is 2. The van der Waals surface area contributed by atoms with Gasteiger partial charge in [-0.05, 0) is 48.9 Å². The van der Waals surface area contributed by atoms with Gasteiger partial charge in [0.15, 0.2) is 0 Å². The second-order valence-corrected chi connectivity index (χ2v) is 8.77. The quantitative estimate of drug-likeness (QED) is 0.498. The molecule has 0 spiro atoms. The number of carboxylic acid groups (broad SMARTS) is 1. The zero-order valence-corrected chi connectivity index (χ0v) is 19.3. The highest BCUT2D eigenvalue weighted by Crippen LogP contribution is 2.44. The van der Waals surface area contributed by atoms with Gasteiger partial charge in [0, 0.05) is 12.0 Å². The van der Waals surface area contributed by atoms with Crippen molar-refractivity contribution in [1.82, 2.24) is 10.6 Å². The van der Waals surface area contributed by atoms with Crippen molar-refractivity contribution in [2.75, 3.05) is 6.61 Å². The fourth-order valence-electron chi connectivity index (χ4n) is 4.18. The van der Waals surface area contributed by atoms with Gasteiger partial charge in [0.2, 0.25) is 5.91 Å². The van der Waals surface area contributed by atoms with E-state index in [0.29, 0.717) is 19.3 Å². The lowest BCUT2D eigenvalue weighted by Crippen LogP contribution is -2.47. The van der Waals surface area contributed by atoms with Crippen molar-refractivity contribution in [1.29, 1.82) is 0 Å². The minimum Gasteiger partial charge on any atom is -0.481 e. The SMILES string of the molecule is CC(CCCC(C)C(=O)O)NC(=O)[C@@H](C)NC(=O)OCC1c2ccccc2-c2ccccc21. The molecule has 2 aromatic carbocycles. The van der Waals surface area contributed by atoms with Gasteiger partial charge in [0.25, 0.3) is 0 Å². The number of rotatable bonds is 10. The number of ether oxygens (including phenoxy) is 1. The van der Waals surface area contributed by atoms with Gasteiger partial charge in [-0.2, -0.15) is 0 Å². The van der Waals surface area contributed by atoms with Crippen LogP contribution in [0.4, 0.5) is 4.79 Å². The molecule has 0 aromatic heterocycles. The van der Waals surface area contributed by atoms with Gasteiger partial charge >= 0.3 is 12.1 Å². The Morgan fingerprint density at radius 2 is 1.48 bits per heavy atom. The van der Waals surface area contributed by atoms with Crippen LogP contribution in [-0.4, -0.2) is 41.8 Å². The van der Waals surface area contributed by atoms with Crippen molar-refractivity contribution < 1.29 is 24.2 Å². The van der Waals surface area contributed by atoms with Crippen molar-refractivity contribution in [2.24, 2.45) is 5.92 Å². The standard InChI is InChI=1S/C26H32N2O5/c1-16(25(30)31)9-8-10-17(2)27-24(29)18(3)28-26(32)33-15-23-21-13-6-4-11-19(21)20-12-5-7-14-22(20)23/h4-7,11-14,16-18,23H,8-10,15H2,1-3H3,(H,27,29)(H,28,32)(H,30,31)/t16?,17?,18-/m1/s1. The van der Waals surface area contributed by atoms with E-state index in [0.717, 1.165) is 22.3 Å². The highest BCUT2D eigenvalue weighted by Gasteiger charge is 2.29. The Bertz CT molecular complexity index is 960. The van der Waals surface area contributed by atoms with Gasteiger partial charge < -0.3 is 20.5 Å². The lowest BCUT2D eigenvalue weighted by Gasteiger charge is -2.19. The molecule has 2 unspecified atom stereocenters. The average Bonchev–Trinajstić information content (AvgIpc) is 3.11. The average molecular weight is 453 g/mol. The minimum atomic E-state index is -0.812. The summed E-state index contributed by atoms with van der Waals surface area (Å²) in [5.74, 6) is -1.56. The number of amides is 2. The third-order valence-electron chi connectivity index (χ3n) is 6.16. The molecule has 3 atom stereocenters. The summed E-state index contributed by atoms with van der Waals surface area (Å²) in [6.45, 7) is 5.33. The van der Waals surface area contributed by atoms with E-state index in [1.54, 1.807) is 13.8 Å². The van der Waals surface area contributed by atoms with E-state index in [1.807, 2.05) is 31.2 Å². The summed E-state index contributed by atoms with van der Waals surface area (Å²) in [6, 6.07) is 15.3. The predicted molar refractivity (Wildman–Crippen MR) is 126 cm³/mol. The molecule has 3 N–H and O–H groups in total. The molecule has 7 heteroatoms. The minimum absolute atomic E-state index is 0.0412. The van der Waals surface area contributed by atoms with E-state index in [2.05, 4.69) is 34.9 Å². The largest absolute Gasteiger partial charge is 0.481 e. The number of carbonyl (C=O) groups is 3. The molecule has 0 saturated heterocycles. The smallest absolute Gasteiger partial charge is 0.407 e. The van der Waals surface area contributed by atoms with Gasteiger partial charge in [-0.1, -0.05) is 61.9 Å². The first-order valence-corrected chi connectivity index (χ1v) is 11.4. The molecule has 3 rings (SSSR count). The maximum Gasteiger partial charge on any atom is 0.407 e. The van der Waals surface area contributed by atoms with E-state index in [1.165, 1.54) is 0 Å². The molecule has 0 bridgehead atoms. The summed E-state index contributed by atoms with van der Waals surface area (Å²) >= 11 is 0. The summed E-state index contributed by atoms with van der Waals surface area (Å²) in [6.07, 6.45) is 1.29. The Kier molecular flexibility index (Phi) is 8.09. The van der Waals surface area contributed by atoms with Crippen LogP contribution in [0, 0.1) is 5.92 Å². The monoisotopic (exact) mass is 452 g/mol. The number of fused-ring (bicyclic) bond motifs is 3. The first-order valence-electron chi connectivity index (χ1n) is 11.4. The van der Waals surface area contributed by atoms with E-state index in [4.69, 9.17) is 9.84 Å². The molecule has 7 nitrogen and oxygen atoms in total. The van der Waals surface area contributed by atoms with Crippen LogP contribution in [0.15, 0.2) is 48.5 Å². The van der Waals surface area contributed by atoms with Gasteiger partial charge in [-0.25, -0.2) is 4.79 Å². The van der Waals surface area contributed by atoms with E-state index in [9.17, 15) is 14.4 Å². The Hall–Kier alpha value is -3.35. The van der Waals surface area contributed by atoms with E-state index in [-0.39, 0.29) is 24.5 Å². The second-order valence-electron chi connectivity index (χ2n) is 8.77. The van der Waals surface area contributed by atoms with E-state index >= 15 is 0 Å². The Labute approximate surface area is 194 Å². The molecule has 1 aliphatic carbocycles. The molecule has 33 heavy (non-hydrogen) atoms. The molecule has 0 radical (unpaired) electrons. The van der Waals surface area contributed by atoms with Crippen molar-refractivity contribution >= 4 is 18.0 Å². The molecule has 0 saturated carbocycles. The van der Waals surface area contributed by atoms with Crippen LogP contribution < -0.4 is 10.6 Å². The fraction of sp³-hybridized carbons (Fsp3) is 0.423. The van der Waals surface area contributed by atoms with Crippen molar-refractivity contribution in [3.05, 3.63) is 59.7 Å². The highest BCUT2D eigenvalue weighted by atomic mass is 16.5. The summed E-state index contributed by atoms with van der Waals surface area (Å²) in [5.41, 5.74) is 4.56. The van der Waals surface area contributed by atoms with Gasteiger partial charge in [0.05, 0.1) is 5.92 Å². The number of carboxylic acids is 1. The summed E-state index contributed by atoms with van der Waals surface area (Å²) in [5, 5.41) is 14.4. The number of alkyl carbamates (subject to hydrolysis) is 1. The molecule has 0 aliphatic heterocycles. The van der Waals surface area contributed by atoms with Crippen LogP contribution in [-0.2, 0) is 14.3 Å². The molecular formula is C26H32N2O5. The number of aliphatic carboxylic acids is 1. The van der Waals surface area contributed by atoms with E-state index < -0.39 is 24.0 Å². The number of hydrogen-bond donors (Lipinski definition) is 3. The van der Waals surface area contributed by atoms with Crippen LogP contribution in [0.1, 0.15) is 57.1 Å². The predicted octanol–water partition coefficient (Wildman–Crippen LogP) is 4.31. The Balaban J connectivity index is 1.46. The molecule has 176 valence electrons. The second kappa shape index (κ2) is 11.0. The Morgan fingerprint density at radius 3 is 2.06 bits per heavy atom. The molecular weight excluding hydrogens is 420 g/mol. The van der Waals surface area contributed by atoms with Crippen LogP contribution in [0.25, 0.3) is 11.1 Å². The number of carbonyl (C=O) groups excluding carboxylic acids is 2. The van der Waals surface area contributed by atoms with Gasteiger partial charge in [0.1, 0.15) is 12.6 Å². The lowest BCUT2D eigenvalue weighted by molar-refractivity contribution is -0.141. The van der Waals surface area contributed by atoms with Gasteiger partial charge in [-0.3, -0.25) is 9.59 Å². The van der Waals surface area contributed by atoms with Crippen molar-refractivity contribution in [3.8, 4) is 11.1 Å². The molecule has 0 fully saturated rings. The Morgan fingerprint density at radius 1 is 0.909 bits per heavy atom. The van der Waals surface area contributed by atoms with Crippen molar-refractivity contribution in [2.45, 2.75) is 58.0 Å². The lowest BCUT2D eigenvalue weighted by atomic mass is 9.98. The van der Waals surface area contributed by atoms with Crippen LogP contribution in [0.3, 0.4) is 0 Å². The molecule has 1 aliphatic rings. The molecule has 2 aromatic rings. The normalized spacial score (nSPS) is 15.0. The zero-order valence-electron chi connectivity index (χ0n) is 19.3. The summed E-state index contributed by atoms with van der Waals surface area (Å²) < 4.78 is 5.49. The van der Waals surface area contributed by atoms with Crippen molar-refractivity contribution in [3.63, 3.8) is 0 Å². The maximum atomic E-state index is 12.4. The summed E-state index contributed by atoms with van der Waals surface area (Å²) in [4.78, 5) is 35.7. The third kappa shape index (κ3) is 6.12. The number of hydrogen-bond acceptors (Lipinski definition) is 4. The zero-order chi connectivity index (χ0) is 24.0. The first-order chi connectivity index (χ1) is 15.8. The first kappa shape index (κ1) is 24.3. The molecule has 2 amide bonds. The van der Waals surface area contributed by atoms with Crippen LogP contribution >= 0.6 is 0 Å². The van der Waals surface area contributed by atoms with Crippen LogP contribution in [0.2, 0.25) is 0 Å². The van der Waals surface area contributed by atoms with Crippen LogP contribution in [0.5, 0.6) is 0 Å². The third-order valence-corrected chi connectivity index (χ3v) is 6.16. The summed E-state index contributed by atoms with van der Waals surface area (Å²) in [7, 11) is 0. The highest BCUT2D eigenvalue weighted by molar-refractivity contribution is 5.85. The topological polar surface area (TPSA) is 105 Å². The fourth-order valence-corrected chi connectivity index (χ4v) is 4.18.